The molecular weight excluding hydrogens is 232 g/mol. The normalized spacial score (nSPS) is 10.1. The molecule has 0 unspecified atom stereocenters. The Morgan fingerprint density at radius 2 is 1.94 bits per heavy atom. The molecule has 0 saturated carbocycles. The molecule has 0 bridgehead atoms. The van der Waals surface area contributed by atoms with Crippen LogP contribution in [0.2, 0.25) is 0 Å². The van der Waals surface area contributed by atoms with Gasteiger partial charge in [-0.2, -0.15) is 0 Å². The van der Waals surface area contributed by atoms with Crippen LogP contribution in [0.1, 0.15) is 40.5 Å². The van der Waals surface area contributed by atoms with E-state index in [0.29, 0.717) is 19.5 Å². The highest BCUT2D eigenvalue weighted by molar-refractivity contribution is 5.74. The molecule has 0 atom stereocenters. The van der Waals surface area contributed by atoms with Gasteiger partial charge in [0.2, 0.25) is 0 Å². The topological polar surface area (TPSA) is 69.6 Å². The molecule has 2 amide bonds. The summed E-state index contributed by atoms with van der Waals surface area (Å²) in [5.41, 5.74) is 1.15. The number of carboxylic acids is 1. The Bertz CT molecular complexity index is 307. The zero-order valence-corrected chi connectivity index (χ0v) is 11.7. The summed E-state index contributed by atoms with van der Waals surface area (Å²) in [6.45, 7) is 8.74. The third kappa shape index (κ3) is 7.70. The molecule has 0 spiro atoms. The second-order valence-electron chi connectivity index (χ2n) is 4.75. The summed E-state index contributed by atoms with van der Waals surface area (Å²) >= 11 is 0. The van der Waals surface area contributed by atoms with Gasteiger partial charge in [0.15, 0.2) is 0 Å². The molecule has 0 aliphatic rings. The Labute approximate surface area is 109 Å². The zero-order chi connectivity index (χ0) is 14.1. The van der Waals surface area contributed by atoms with Crippen molar-refractivity contribution in [2.24, 2.45) is 0 Å². The van der Waals surface area contributed by atoms with Crippen molar-refractivity contribution >= 4 is 12.0 Å². The standard InChI is InChI=1S/C13H24N2O3/c1-10(2)7-8-14-13(18)15(11(3)4)9-5-6-12(16)17/h7,11H,5-6,8-9H2,1-4H3,(H,14,18)(H,16,17). The molecule has 0 aromatic heterocycles. The fraction of sp³-hybridized carbons (Fsp3) is 0.692. The van der Waals surface area contributed by atoms with Gasteiger partial charge >= 0.3 is 12.0 Å². The molecular formula is C13H24N2O3. The van der Waals surface area contributed by atoms with Crippen LogP contribution in [0.3, 0.4) is 0 Å². The van der Waals surface area contributed by atoms with Crippen LogP contribution >= 0.6 is 0 Å². The highest BCUT2D eigenvalue weighted by Gasteiger charge is 2.15. The minimum absolute atomic E-state index is 0.0606. The van der Waals surface area contributed by atoms with Gasteiger partial charge in [0.25, 0.3) is 0 Å². The van der Waals surface area contributed by atoms with E-state index in [2.05, 4.69) is 5.32 Å². The van der Waals surface area contributed by atoms with Crippen LogP contribution in [0.25, 0.3) is 0 Å². The second-order valence-corrected chi connectivity index (χ2v) is 4.75. The van der Waals surface area contributed by atoms with Gasteiger partial charge in [0, 0.05) is 25.6 Å². The highest BCUT2D eigenvalue weighted by atomic mass is 16.4. The predicted molar refractivity (Wildman–Crippen MR) is 71.5 cm³/mol. The first kappa shape index (κ1) is 16.5. The van der Waals surface area contributed by atoms with Crippen molar-refractivity contribution < 1.29 is 14.7 Å². The Morgan fingerprint density at radius 1 is 1.33 bits per heavy atom. The minimum Gasteiger partial charge on any atom is -0.481 e. The summed E-state index contributed by atoms with van der Waals surface area (Å²) in [5, 5.41) is 11.4. The summed E-state index contributed by atoms with van der Waals surface area (Å²) in [6.07, 6.45) is 2.50. The zero-order valence-electron chi connectivity index (χ0n) is 11.7. The first-order valence-corrected chi connectivity index (χ1v) is 6.24. The molecule has 0 radical (unpaired) electrons. The molecule has 0 fully saturated rings. The van der Waals surface area contributed by atoms with Gasteiger partial charge < -0.3 is 15.3 Å². The Morgan fingerprint density at radius 3 is 2.39 bits per heavy atom. The van der Waals surface area contributed by atoms with Gasteiger partial charge in [0.05, 0.1) is 0 Å². The van der Waals surface area contributed by atoms with E-state index in [1.54, 1.807) is 4.90 Å². The monoisotopic (exact) mass is 256 g/mol. The summed E-state index contributed by atoms with van der Waals surface area (Å²) in [5.74, 6) is -0.830. The molecule has 0 saturated heterocycles. The SMILES string of the molecule is CC(C)=CCNC(=O)N(CCCC(=O)O)C(C)C. The largest absolute Gasteiger partial charge is 0.481 e. The summed E-state index contributed by atoms with van der Waals surface area (Å²) in [7, 11) is 0. The summed E-state index contributed by atoms with van der Waals surface area (Å²) in [4.78, 5) is 24.0. The van der Waals surface area contributed by atoms with Gasteiger partial charge in [-0.15, -0.1) is 0 Å². The lowest BCUT2D eigenvalue weighted by molar-refractivity contribution is -0.137. The Hall–Kier alpha value is -1.52. The molecule has 0 aliphatic carbocycles. The third-order valence-electron chi connectivity index (χ3n) is 2.44. The fourth-order valence-corrected chi connectivity index (χ4v) is 1.44. The van der Waals surface area contributed by atoms with Crippen molar-refractivity contribution in [3.63, 3.8) is 0 Å². The molecule has 18 heavy (non-hydrogen) atoms. The number of urea groups is 1. The lowest BCUT2D eigenvalue weighted by atomic mass is 10.2. The molecule has 5 heteroatoms. The molecule has 0 aromatic carbocycles. The number of hydrogen-bond acceptors (Lipinski definition) is 2. The van der Waals surface area contributed by atoms with Crippen LogP contribution in [0.15, 0.2) is 11.6 Å². The number of allylic oxidation sites excluding steroid dienone is 1. The van der Waals surface area contributed by atoms with E-state index >= 15 is 0 Å². The van der Waals surface area contributed by atoms with Crippen molar-refractivity contribution in [2.75, 3.05) is 13.1 Å². The van der Waals surface area contributed by atoms with Crippen molar-refractivity contribution in [3.05, 3.63) is 11.6 Å². The first-order chi connectivity index (χ1) is 8.34. The molecule has 0 heterocycles. The first-order valence-electron chi connectivity index (χ1n) is 6.24. The molecule has 5 nitrogen and oxygen atoms in total. The van der Waals surface area contributed by atoms with Crippen molar-refractivity contribution in [1.29, 1.82) is 0 Å². The average molecular weight is 256 g/mol. The number of hydrogen-bond donors (Lipinski definition) is 2. The number of carboxylic acid groups (broad SMARTS) is 1. The number of amides is 2. The van der Waals surface area contributed by atoms with Gasteiger partial charge in [-0.25, -0.2) is 4.79 Å². The minimum atomic E-state index is -0.830. The summed E-state index contributed by atoms with van der Waals surface area (Å²) < 4.78 is 0. The molecule has 0 aromatic rings. The van der Waals surface area contributed by atoms with E-state index in [9.17, 15) is 9.59 Å². The van der Waals surface area contributed by atoms with Gasteiger partial charge in [0.1, 0.15) is 0 Å². The average Bonchev–Trinajstić information content (AvgIpc) is 2.22. The lowest BCUT2D eigenvalue weighted by Gasteiger charge is -2.26. The number of nitrogens with one attached hydrogen (secondary N) is 1. The van der Waals surface area contributed by atoms with Crippen LogP contribution < -0.4 is 5.32 Å². The van der Waals surface area contributed by atoms with Crippen LogP contribution in [0, 0.1) is 0 Å². The highest BCUT2D eigenvalue weighted by Crippen LogP contribution is 2.02. The van der Waals surface area contributed by atoms with E-state index in [1.165, 1.54) is 0 Å². The van der Waals surface area contributed by atoms with Crippen LogP contribution in [0.4, 0.5) is 4.79 Å². The van der Waals surface area contributed by atoms with E-state index in [1.807, 2.05) is 33.8 Å². The summed E-state index contributed by atoms with van der Waals surface area (Å²) in [6, 6.07) is -0.0848. The molecule has 0 aliphatic heterocycles. The predicted octanol–water partition coefficient (Wildman–Crippen LogP) is 2.24. The number of carbonyl (C=O) groups is 2. The fourth-order valence-electron chi connectivity index (χ4n) is 1.44. The van der Waals surface area contributed by atoms with Crippen LogP contribution in [-0.4, -0.2) is 41.1 Å². The smallest absolute Gasteiger partial charge is 0.317 e. The van der Waals surface area contributed by atoms with Crippen LogP contribution in [0.5, 0.6) is 0 Å². The Kier molecular flexibility index (Phi) is 7.83. The van der Waals surface area contributed by atoms with E-state index in [-0.39, 0.29) is 18.5 Å². The second kappa shape index (κ2) is 8.55. The maximum Gasteiger partial charge on any atom is 0.317 e. The molecule has 2 N–H and O–H groups in total. The number of nitrogens with zero attached hydrogens (tertiary/aromatic N) is 1. The molecule has 0 rings (SSSR count). The van der Waals surface area contributed by atoms with Crippen molar-refractivity contribution in [3.8, 4) is 0 Å². The van der Waals surface area contributed by atoms with Crippen molar-refractivity contribution in [2.45, 2.75) is 46.6 Å². The maximum atomic E-state index is 11.9. The molecule has 104 valence electrons. The quantitative estimate of drug-likeness (QED) is 0.686. The number of aliphatic carboxylic acids is 1. The van der Waals surface area contributed by atoms with Gasteiger partial charge in [-0.05, 0) is 34.1 Å². The van der Waals surface area contributed by atoms with E-state index in [0.717, 1.165) is 5.57 Å². The van der Waals surface area contributed by atoms with Crippen molar-refractivity contribution in [1.82, 2.24) is 10.2 Å². The van der Waals surface area contributed by atoms with E-state index in [4.69, 9.17) is 5.11 Å². The van der Waals surface area contributed by atoms with Gasteiger partial charge in [-0.3, -0.25) is 4.79 Å². The number of rotatable bonds is 7. The van der Waals surface area contributed by atoms with Gasteiger partial charge in [-0.1, -0.05) is 11.6 Å². The third-order valence-corrected chi connectivity index (χ3v) is 2.44. The van der Waals surface area contributed by atoms with E-state index < -0.39 is 5.97 Å². The number of carbonyl (C=O) groups excluding carboxylic acids is 1. The lowest BCUT2D eigenvalue weighted by Crippen LogP contribution is -2.44. The van der Waals surface area contributed by atoms with Crippen LogP contribution in [-0.2, 0) is 4.79 Å². The Balaban J connectivity index is 4.19. The maximum absolute atomic E-state index is 11.9.